The van der Waals surface area contributed by atoms with E-state index >= 15 is 0 Å². The van der Waals surface area contributed by atoms with Crippen LogP contribution in [0.4, 0.5) is 0 Å². The van der Waals surface area contributed by atoms with Crippen molar-refractivity contribution in [3.63, 3.8) is 0 Å². The quantitative estimate of drug-likeness (QED) is 0.313. The van der Waals surface area contributed by atoms with E-state index in [1.54, 1.807) is 12.1 Å². The molecule has 0 spiro atoms. The van der Waals surface area contributed by atoms with Crippen molar-refractivity contribution in [3.8, 4) is 5.75 Å². The molecule has 0 amide bonds. The highest BCUT2D eigenvalue weighted by atomic mass is 32.1. The molecule has 3 rings (SSSR count). The first-order valence-electron chi connectivity index (χ1n) is 8.26. The lowest BCUT2D eigenvalue weighted by Crippen LogP contribution is -2.42. The van der Waals surface area contributed by atoms with Crippen LogP contribution >= 0.6 is 12.2 Å². The van der Waals surface area contributed by atoms with E-state index < -0.39 is 12.6 Å². The fourth-order valence-corrected chi connectivity index (χ4v) is 3.57. The Labute approximate surface area is 152 Å². The van der Waals surface area contributed by atoms with E-state index in [0.717, 1.165) is 12.0 Å². The van der Waals surface area contributed by atoms with Crippen molar-refractivity contribution in [3.05, 3.63) is 42.0 Å². The fraction of sp³-hybridized carbons (Fsp3) is 0.389. The number of benzene rings is 1. The summed E-state index contributed by atoms with van der Waals surface area (Å²) < 4.78 is 5.30. The van der Waals surface area contributed by atoms with Crippen LogP contribution in [-0.4, -0.2) is 34.5 Å². The third kappa shape index (κ3) is 4.36. The van der Waals surface area contributed by atoms with Gasteiger partial charge in [0.25, 0.3) is 0 Å². The molecule has 3 atom stereocenters. The Hall–Kier alpha value is -2.41. The summed E-state index contributed by atoms with van der Waals surface area (Å²) in [4.78, 5) is 10.7. The summed E-state index contributed by atoms with van der Waals surface area (Å²) in [5, 5.41) is 16.9. The number of nitrogens with one attached hydrogen (secondary N) is 2. The summed E-state index contributed by atoms with van der Waals surface area (Å²) >= 11 is 5.33. The second-order valence-corrected chi connectivity index (χ2v) is 6.76. The third-order valence-electron chi connectivity index (χ3n) is 4.55. The Kier molecular flexibility index (Phi) is 5.33. The summed E-state index contributed by atoms with van der Waals surface area (Å²) in [6.45, 7) is 1.42. The number of hydrogen-bond donors (Lipinski definition) is 3. The Morgan fingerprint density at radius 3 is 2.84 bits per heavy atom. The molecule has 2 aliphatic rings. The molecule has 1 fully saturated rings. The van der Waals surface area contributed by atoms with Gasteiger partial charge in [-0.2, -0.15) is 5.10 Å². The summed E-state index contributed by atoms with van der Waals surface area (Å²) in [6.07, 6.45) is 6.86. The molecule has 0 aliphatic heterocycles. The van der Waals surface area contributed by atoms with Crippen molar-refractivity contribution < 1.29 is 14.6 Å². The maximum atomic E-state index is 10.7. The van der Waals surface area contributed by atoms with Gasteiger partial charge >= 0.3 is 5.97 Å². The number of ether oxygens (including phenoxy) is 1. The van der Waals surface area contributed by atoms with Gasteiger partial charge in [-0.15, -0.1) is 0 Å². The minimum atomic E-state index is -1.02. The van der Waals surface area contributed by atoms with Crippen molar-refractivity contribution in [2.24, 2.45) is 16.9 Å². The van der Waals surface area contributed by atoms with E-state index in [0.29, 0.717) is 34.5 Å². The van der Waals surface area contributed by atoms with Crippen LogP contribution in [0.3, 0.4) is 0 Å². The van der Waals surface area contributed by atoms with Gasteiger partial charge in [0.15, 0.2) is 11.7 Å². The molecule has 0 radical (unpaired) electrons. The maximum absolute atomic E-state index is 10.7. The Bertz CT molecular complexity index is 732. The number of carbonyl (C=O) groups is 1. The van der Waals surface area contributed by atoms with Crippen molar-refractivity contribution in [1.29, 1.82) is 0 Å². The number of rotatable bonds is 6. The lowest BCUT2D eigenvalue weighted by atomic mass is 10.0. The first-order chi connectivity index (χ1) is 12.0. The molecule has 1 saturated carbocycles. The van der Waals surface area contributed by atoms with Crippen molar-refractivity contribution in [1.82, 2.24) is 10.7 Å². The van der Waals surface area contributed by atoms with E-state index in [-0.39, 0.29) is 0 Å². The van der Waals surface area contributed by atoms with Crippen LogP contribution in [0.1, 0.15) is 25.3 Å². The zero-order chi connectivity index (χ0) is 17.8. The lowest BCUT2D eigenvalue weighted by molar-refractivity contribution is -0.139. The zero-order valence-corrected chi connectivity index (χ0v) is 14.8. The van der Waals surface area contributed by atoms with Crippen molar-refractivity contribution in [2.75, 3.05) is 6.61 Å². The van der Waals surface area contributed by atoms with Crippen molar-refractivity contribution >= 4 is 29.0 Å². The molecule has 132 valence electrons. The average molecular weight is 359 g/mol. The number of thiocarbonyl (C=S) groups is 1. The van der Waals surface area contributed by atoms with Gasteiger partial charge < -0.3 is 15.2 Å². The Morgan fingerprint density at radius 2 is 2.16 bits per heavy atom. The average Bonchev–Trinajstić information content (AvgIpc) is 3.21. The Balaban J connectivity index is 1.58. The van der Waals surface area contributed by atoms with E-state index in [2.05, 4.69) is 28.0 Å². The normalized spacial score (nSPS) is 24.2. The van der Waals surface area contributed by atoms with E-state index in [9.17, 15) is 4.79 Å². The van der Waals surface area contributed by atoms with Crippen LogP contribution in [0.2, 0.25) is 0 Å². The lowest BCUT2D eigenvalue weighted by Gasteiger charge is -2.21. The molecular formula is C18H21N3O3S. The molecule has 6 nitrogen and oxygen atoms in total. The molecule has 25 heavy (non-hydrogen) atoms. The molecule has 3 unspecified atom stereocenters. The third-order valence-corrected chi connectivity index (χ3v) is 4.76. The van der Waals surface area contributed by atoms with Crippen LogP contribution in [-0.2, 0) is 4.79 Å². The van der Waals surface area contributed by atoms with Gasteiger partial charge in [-0.05, 0) is 56.0 Å². The molecule has 2 bridgehead atoms. The smallest absolute Gasteiger partial charge is 0.341 e. The summed E-state index contributed by atoms with van der Waals surface area (Å²) in [7, 11) is 0. The zero-order valence-electron chi connectivity index (χ0n) is 13.9. The van der Waals surface area contributed by atoms with Gasteiger partial charge in [-0.1, -0.05) is 24.3 Å². The summed E-state index contributed by atoms with van der Waals surface area (Å²) in [5.41, 5.74) is 4.26. The van der Waals surface area contributed by atoms with Gasteiger partial charge in [-0.3, -0.25) is 5.43 Å². The predicted molar refractivity (Wildman–Crippen MR) is 99.8 cm³/mol. The number of aliphatic carboxylic acids is 1. The van der Waals surface area contributed by atoms with Crippen molar-refractivity contribution in [2.45, 2.75) is 25.8 Å². The molecule has 2 aliphatic carbocycles. The summed E-state index contributed by atoms with van der Waals surface area (Å²) in [6, 6.07) is 7.55. The maximum Gasteiger partial charge on any atom is 0.341 e. The van der Waals surface area contributed by atoms with Gasteiger partial charge in [0, 0.05) is 11.6 Å². The molecule has 1 aromatic rings. The number of para-hydroxylation sites is 1. The number of carboxylic acids is 1. The number of nitrogens with zero attached hydrogens (tertiary/aromatic N) is 1. The highest BCUT2D eigenvalue weighted by molar-refractivity contribution is 7.80. The highest BCUT2D eigenvalue weighted by Crippen LogP contribution is 2.38. The standard InChI is InChI=1S/C18H21N3O3S/c1-11(14-4-2-3-5-16(14)24-10-17(22)23)20-21-18(25)19-15-9-12-6-7-13(15)8-12/h2-7,12-13,15H,8-10H2,1H3,(H,22,23)(H2,19,21,25). The molecule has 0 saturated heterocycles. The van der Waals surface area contributed by atoms with Crippen LogP contribution < -0.4 is 15.5 Å². The largest absolute Gasteiger partial charge is 0.481 e. The first-order valence-corrected chi connectivity index (χ1v) is 8.67. The van der Waals surface area contributed by atoms with Gasteiger partial charge in [0.2, 0.25) is 0 Å². The molecule has 0 heterocycles. The Morgan fingerprint density at radius 1 is 1.36 bits per heavy atom. The first kappa shape index (κ1) is 17.4. The second kappa shape index (κ2) is 7.65. The van der Waals surface area contributed by atoms with Crippen LogP contribution in [0.5, 0.6) is 5.75 Å². The van der Waals surface area contributed by atoms with Gasteiger partial charge in [0.05, 0.1) is 5.71 Å². The summed E-state index contributed by atoms with van der Waals surface area (Å²) in [5.74, 6) is 0.687. The van der Waals surface area contributed by atoms with Crippen LogP contribution in [0.25, 0.3) is 0 Å². The molecular weight excluding hydrogens is 338 g/mol. The number of hydrogen-bond acceptors (Lipinski definition) is 4. The second-order valence-electron chi connectivity index (χ2n) is 6.35. The van der Waals surface area contributed by atoms with Crippen LogP contribution in [0, 0.1) is 11.8 Å². The molecule has 7 heteroatoms. The number of hydrazone groups is 1. The number of allylic oxidation sites excluding steroid dienone is 1. The number of carboxylic acid groups (broad SMARTS) is 1. The number of fused-ring (bicyclic) bond motifs is 2. The van der Waals surface area contributed by atoms with E-state index in [1.807, 2.05) is 19.1 Å². The predicted octanol–water partition coefficient (Wildman–Crippen LogP) is 2.30. The topological polar surface area (TPSA) is 83.0 Å². The van der Waals surface area contributed by atoms with Gasteiger partial charge in [0.1, 0.15) is 5.75 Å². The molecule has 0 aromatic heterocycles. The fourth-order valence-electron chi connectivity index (χ4n) is 3.37. The monoisotopic (exact) mass is 359 g/mol. The SMILES string of the molecule is CC(=NNC(=S)NC1CC2C=CC1C2)c1ccccc1OCC(=O)O. The van der Waals surface area contributed by atoms with Gasteiger partial charge in [-0.25, -0.2) is 4.79 Å². The minimum Gasteiger partial charge on any atom is -0.481 e. The highest BCUT2D eigenvalue weighted by Gasteiger charge is 2.35. The minimum absolute atomic E-state index is 0.372. The van der Waals surface area contributed by atoms with E-state index in [1.165, 1.54) is 6.42 Å². The molecule has 1 aromatic carbocycles. The van der Waals surface area contributed by atoms with E-state index in [4.69, 9.17) is 22.1 Å². The van der Waals surface area contributed by atoms with Crippen LogP contribution in [0.15, 0.2) is 41.5 Å². The molecule has 3 N–H and O–H groups in total.